The number of hydrogen-bond donors (Lipinski definition) is 1. The van der Waals surface area contributed by atoms with Crippen molar-refractivity contribution in [1.82, 2.24) is 5.32 Å². The van der Waals surface area contributed by atoms with Crippen molar-refractivity contribution < 1.29 is 19.1 Å². The van der Waals surface area contributed by atoms with Gasteiger partial charge < -0.3 is 14.8 Å². The number of amides is 1. The molecule has 0 aliphatic carbocycles. The predicted molar refractivity (Wildman–Crippen MR) is 64.7 cm³/mol. The minimum absolute atomic E-state index is 0.385. The Labute approximate surface area is 103 Å². The molecule has 0 aromatic heterocycles. The van der Waals surface area contributed by atoms with Crippen molar-refractivity contribution in [1.29, 1.82) is 0 Å². The molecule has 0 spiro atoms. The zero-order valence-electron chi connectivity index (χ0n) is 11.3. The molecule has 5 heteroatoms. The van der Waals surface area contributed by atoms with Crippen molar-refractivity contribution in [3.05, 3.63) is 0 Å². The molecule has 0 aromatic carbocycles. The fraction of sp³-hybridized carbons (Fsp3) is 0.833. The lowest BCUT2D eigenvalue weighted by Crippen LogP contribution is -2.42. The Bertz CT molecular complexity index is 258. The van der Waals surface area contributed by atoms with Gasteiger partial charge in [-0.15, -0.1) is 0 Å². The zero-order valence-corrected chi connectivity index (χ0v) is 11.3. The van der Waals surface area contributed by atoms with Gasteiger partial charge in [-0.25, -0.2) is 9.59 Å². The molecule has 5 nitrogen and oxygen atoms in total. The normalized spacial score (nSPS) is 12.8. The third-order valence-corrected chi connectivity index (χ3v) is 1.83. The molecule has 17 heavy (non-hydrogen) atoms. The van der Waals surface area contributed by atoms with E-state index in [1.54, 1.807) is 27.7 Å². The first-order valence-corrected chi connectivity index (χ1v) is 5.92. The third-order valence-electron chi connectivity index (χ3n) is 1.83. The number of esters is 1. The Morgan fingerprint density at radius 2 is 1.88 bits per heavy atom. The molecule has 1 amide bonds. The van der Waals surface area contributed by atoms with Crippen molar-refractivity contribution >= 4 is 12.1 Å². The van der Waals surface area contributed by atoms with Gasteiger partial charge in [-0.3, -0.25) is 0 Å². The van der Waals surface area contributed by atoms with Crippen molar-refractivity contribution in [2.45, 2.75) is 59.1 Å². The van der Waals surface area contributed by atoms with Gasteiger partial charge in [0.1, 0.15) is 11.6 Å². The molecular formula is C12H23NO4. The number of nitrogens with one attached hydrogen (secondary N) is 1. The number of carbonyl (C=O) groups excluding carboxylic acids is 2. The van der Waals surface area contributed by atoms with Crippen molar-refractivity contribution in [3.8, 4) is 0 Å². The Kier molecular flexibility index (Phi) is 6.61. The number of carbonyl (C=O) groups is 2. The van der Waals surface area contributed by atoms with Gasteiger partial charge in [0.15, 0.2) is 0 Å². The third kappa shape index (κ3) is 8.54. The van der Waals surface area contributed by atoms with E-state index < -0.39 is 23.7 Å². The largest absolute Gasteiger partial charge is 0.464 e. The second kappa shape index (κ2) is 7.14. The SMILES string of the molecule is CCCCOC(=O)C(C)NC(=O)OC(C)(C)C. The molecule has 0 aromatic rings. The summed E-state index contributed by atoms with van der Waals surface area (Å²) in [5.74, 6) is -0.440. The van der Waals surface area contributed by atoms with Gasteiger partial charge in [0, 0.05) is 0 Å². The van der Waals surface area contributed by atoms with Gasteiger partial charge in [0.25, 0.3) is 0 Å². The molecule has 0 saturated heterocycles. The van der Waals surface area contributed by atoms with Gasteiger partial charge in [-0.05, 0) is 34.1 Å². The second-order valence-corrected chi connectivity index (χ2v) is 4.89. The highest BCUT2D eigenvalue weighted by Gasteiger charge is 2.21. The van der Waals surface area contributed by atoms with Crippen LogP contribution in [0.4, 0.5) is 4.79 Å². The van der Waals surface area contributed by atoms with Crippen LogP contribution < -0.4 is 5.32 Å². The standard InChI is InChI=1S/C12H23NO4/c1-6-7-8-16-10(14)9(2)13-11(15)17-12(3,4)5/h9H,6-8H2,1-5H3,(H,13,15). The fourth-order valence-corrected chi connectivity index (χ4v) is 0.985. The van der Waals surface area contributed by atoms with E-state index in [9.17, 15) is 9.59 Å². The minimum atomic E-state index is -0.693. The number of hydrogen-bond acceptors (Lipinski definition) is 4. The van der Waals surface area contributed by atoms with Gasteiger partial charge in [0.2, 0.25) is 0 Å². The molecule has 0 aliphatic heterocycles. The number of alkyl carbamates (subject to hydrolysis) is 1. The zero-order chi connectivity index (χ0) is 13.5. The van der Waals surface area contributed by atoms with Crippen LogP contribution in [-0.4, -0.2) is 30.3 Å². The van der Waals surface area contributed by atoms with Crippen LogP contribution in [0.25, 0.3) is 0 Å². The first-order chi connectivity index (χ1) is 7.76. The fourth-order valence-electron chi connectivity index (χ4n) is 0.985. The lowest BCUT2D eigenvalue weighted by molar-refractivity contribution is -0.145. The first-order valence-electron chi connectivity index (χ1n) is 5.92. The van der Waals surface area contributed by atoms with E-state index in [-0.39, 0.29) is 0 Å². The molecule has 0 aliphatic rings. The van der Waals surface area contributed by atoms with Crippen LogP contribution >= 0.6 is 0 Å². The Morgan fingerprint density at radius 1 is 1.29 bits per heavy atom. The monoisotopic (exact) mass is 245 g/mol. The van der Waals surface area contributed by atoms with E-state index in [4.69, 9.17) is 9.47 Å². The van der Waals surface area contributed by atoms with Gasteiger partial charge in [-0.1, -0.05) is 13.3 Å². The molecule has 0 radical (unpaired) electrons. The topological polar surface area (TPSA) is 64.6 Å². The highest BCUT2D eigenvalue weighted by Crippen LogP contribution is 2.06. The lowest BCUT2D eigenvalue weighted by Gasteiger charge is -2.21. The first kappa shape index (κ1) is 15.7. The summed E-state index contributed by atoms with van der Waals surface area (Å²) >= 11 is 0. The van der Waals surface area contributed by atoms with Crippen LogP contribution in [0, 0.1) is 0 Å². The van der Waals surface area contributed by atoms with Gasteiger partial charge in [0.05, 0.1) is 6.61 Å². The van der Waals surface area contributed by atoms with Crippen molar-refractivity contribution in [2.75, 3.05) is 6.61 Å². The smallest absolute Gasteiger partial charge is 0.408 e. The maximum absolute atomic E-state index is 11.4. The Hall–Kier alpha value is -1.26. The van der Waals surface area contributed by atoms with Crippen LogP contribution in [0.5, 0.6) is 0 Å². The van der Waals surface area contributed by atoms with Crippen LogP contribution in [-0.2, 0) is 14.3 Å². The summed E-state index contributed by atoms with van der Waals surface area (Å²) in [7, 11) is 0. The predicted octanol–water partition coefficient (Wildman–Crippen LogP) is 2.24. The molecule has 1 N–H and O–H groups in total. The van der Waals surface area contributed by atoms with Gasteiger partial charge >= 0.3 is 12.1 Å². The van der Waals surface area contributed by atoms with E-state index in [2.05, 4.69) is 5.32 Å². The maximum atomic E-state index is 11.4. The second-order valence-electron chi connectivity index (χ2n) is 4.89. The molecule has 1 unspecified atom stereocenters. The molecule has 1 atom stereocenters. The minimum Gasteiger partial charge on any atom is -0.464 e. The molecular weight excluding hydrogens is 222 g/mol. The number of unbranched alkanes of at least 4 members (excludes halogenated alkanes) is 1. The maximum Gasteiger partial charge on any atom is 0.408 e. The lowest BCUT2D eigenvalue weighted by atomic mass is 10.2. The van der Waals surface area contributed by atoms with Crippen LogP contribution in [0.2, 0.25) is 0 Å². The summed E-state index contributed by atoms with van der Waals surface area (Å²) in [4.78, 5) is 22.8. The summed E-state index contributed by atoms with van der Waals surface area (Å²) in [6, 6.07) is -0.693. The quantitative estimate of drug-likeness (QED) is 0.596. The summed E-state index contributed by atoms with van der Waals surface area (Å²) in [5, 5.41) is 2.43. The summed E-state index contributed by atoms with van der Waals surface area (Å²) in [6.07, 6.45) is 1.17. The van der Waals surface area contributed by atoms with E-state index in [0.29, 0.717) is 6.61 Å². The van der Waals surface area contributed by atoms with E-state index in [0.717, 1.165) is 12.8 Å². The van der Waals surface area contributed by atoms with Crippen LogP contribution in [0.3, 0.4) is 0 Å². The summed E-state index contributed by atoms with van der Waals surface area (Å²) in [5.41, 5.74) is -0.573. The number of rotatable bonds is 5. The van der Waals surface area contributed by atoms with Crippen LogP contribution in [0.15, 0.2) is 0 Å². The van der Waals surface area contributed by atoms with Crippen molar-refractivity contribution in [3.63, 3.8) is 0 Å². The highest BCUT2D eigenvalue weighted by atomic mass is 16.6. The summed E-state index contributed by atoms with van der Waals surface area (Å²) in [6.45, 7) is 9.24. The molecule has 0 fully saturated rings. The van der Waals surface area contributed by atoms with Gasteiger partial charge in [-0.2, -0.15) is 0 Å². The molecule has 0 heterocycles. The van der Waals surface area contributed by atoms with Crippen molar-refractivity contribution in [2.24, 2.45) is 0 Å². The molecule has 0 saturated carbocycles. The Balaban J connectivity index is 3.95. The summed E-state index contributed by atoms with van der Waals surface area (Å²) < 4.78 is 9.99. The van der Waals surface area contributed by atoms with E-state index in [1.165, 1.54) is 0 Å². The van der Waals surface area contributed by atoms with E-state index in [1.807, 2.05) is 6.92 Å². The van der Waals surface area contributed by atoms with E-state index >= 15 is 0 Å². The average Bonchev–Trinajstić information content (AvgIpc) is 2.14. The highest BCUT2D eigenvalue weighted by molar-refractivity contribution is 5.80. The molecule has 100 valence electrons. The molecule has 0 rings (SSSR count). The number of ether oxygens (including phenoxy) is 2. The average molecular weight is 245 g/mol. The Morgan fingerprint density at radius 3 is 2.35 bits per heavy atom. The molecule has 0 bridgehead atoms. The van der Waals surface area contributed by atoms with Crippen LogP contribution in [0.1, 0.15) is 47.5 Å².